The second kappa shape index (κ2) is 6.15. The maximum Gasteiger partial charge on any atom is 0.0369 e. The molecule has 1 N–H and O–H groups in total. The van der Waals surface area contributed by atoms with Crippen LogP contribution in [0, 0.1) is 13.8 Å². The molecule has 0 bridgehead atoms. The van der Waals surface area contributed by atoms with Crippen molar-refractivity contribution in [1.82, 2.24) is 10.2 Å². The molecule has 3 nitrogen and oxygen atoms in total. The van der Waals surface area contributed by atoms with Gasteiger partial charge >= 0.3 is 0 Å². The Kier molecular flexibility index (Phi) is 4.27. The van der Waals surface area contributed by atoms with Gasteiger partial charge in [0.05, 0.1) is 0 Å². The number of hydrogen-bond donors (Lipinski definition) is 1. The van der Waals surface area contributed by atoms with Gasteiger partial charge < -0.3 is 10.2 Å². The first-order valence-electron chi connectivity index (χ1n) is 8.01. The van der Waals surface area contributed by atoms with E-state index in [4.69, 9.17) is 0 Å². The first-order chi connectivity index (χ1) is 9.74. The first-order valence-corrected chi connectivity index (χ1v) is 8.01. The van der Waals surface area contributed by atoms with Crippen LogP contribution in [0.1, 0.15) is 24.0 Å². The van der Waals surface area contributed by atoms with Crippen LogP contribution in [0.4, 0.5) is 5.69 Å². The Hall–Kier alpha value is -1.06. The van der Waals surface area contributed by atoms with E-state index in [-0.39, 0.29) is 0 Å². The number of aryl methyl sites for hydroxylation is 2. The van der Waals surface area contributed by atoms with E-state index in [1.807, 2.05) is 0 Å². The largest absolute Gasteiger partial charge is 0.369 e. The molecule has 3 heteroatoms. The van der Waals surface area contributed by atoms with Crippen LogP contribution in [-0.4, -0.2) is 50.2 Å². The minimum absolute atomic E-state index is 0.818. The third-order valence-corrected chi connectivity index (χ3v) is 4.99. The van der Waals surface area contributed by atoms with Gasteiger partial charge in [-0.2, -0.15) is 0 Å². The Labute approximate surface area is 123 Å². The maximum absolute atomic E-state index is 3.46. The first kappa shape index (κ1) is 13.9. The second-order valence-electron chi connectivity index (χ2n) is 6.27. The van der Waals surface area contributed by atoms with Gasteiger partial charge in [0.2, 0.25) is 0 Å². The van der Waals surface area contributed by atoms with E-state index in [9.17, 15) is 0 Å². The number of nitrogens with one attached hydrogen (secondary N) is 1. The van der Waals surface area contributed by atoms with Crippen LogP contribution in [0.2, 0.25) is 0 Å². The quantitative estimate of drug-likeness (QED) is 0.891. The van der Waals surface area contributed by atoms with Gasteiger partial charge in [0.1, 0.15) is 0 Å². The summed E-state index contributed by atoms with van der Waals surface area (Å²) in [6.45, 7) is 11.6. The average Bonchev–Trinajstić information content (AvgIpc) is 2.51. The lowest BCUT2D eigenvalue weighted by Gasteiger charge is -2.41. The lowest BCUT2D eigenvalue weighted by molar-refractivity contribution is 0.153. The summed E-state index contributed by atoms with van der Waals surface area (Å²) in [5, 5.41) is 3.46. The van der Waals surface area contributed by atoms with Crippen molar-refractivity contribution in [3.05, 3.63) is 29.3 Å². The standard InChI is InChI=1S/C17H27N3/c1-14-3-4-17(13-15(14)2)20-11-9-19(10-12-20)16-5-7-18-8-6-16/h3-4,13,16,18H,5-12H2,1-2H3. The van der Waals surface area contributed by atoms with Crippen LogP contribution in [-0.2, 0) is 0 Å². The van der Waals surface area contributed by atoms with Crippen molar-refractivity contribution >= 4 is 5.69 Å². The lowest BCUT2D eigenvalue weighted by atomic mass is 10.0. The summed E-state index contributed by atoms with van der Waals surface area (Å²) in [4.78, 5) is 5.25. The highest BCUT2D eigenvalue weighted by Gasteiger charge is 2.25. The molecule has 3 rings (SSSR count). The van der Waals surface area contributed by atoms with Crippen LogP contribution >= 0.6 is 0 Å². The van der Waals surface area contributed by atoms with Crippen molar-refractivity contribution in [2.75, 3.05) is 44.2 Å². The molecule has 1 aromatic rings. The minimum Gasteiger partial charge on any atom is -0.369 e. The van der Waals surface area contributed by atoms with E-state index in [2.05, 4.69) is 47.2 Å². The number of rotatable bonds is 2. The molecule has 0 aromatic heterocycles. The number of hydrogen-bond acceptors (Lipinski definition) is 3. The van der Waals surface area contributed by atoms with Crippen molar-refractivity contribution in [2.24, 2.45) is 0 Å². The summed E-state index contributed by atoms with van der Waals surface area (Å²) < 4.78 is 0. The van der Waals surface area contributed by atoms with Crippen LogP contribution in [0.15, 0.2) is 18.2 Å². The van der Waals surface area contributed by atoms with Crippen LogP contribution in [0.25, 0.3) is 0 Å². The van der Waals surface area contributed by atoms with E-state index >= 15 is 0 Å². The molecule has 0 saturated carbocycles. The van der Waals surface area contributed by atoms with Crippen LogP contribution in [0.3, 0.4) is 0 Å². The molecular formula is C17H27N3. The molecule has 2 aliphatic rings. The topological polar surface area (TPSA) is 18.5 Å². The highest BCUT2D eigenvalue weighted by Crippen LogP contribution is 2.22. The van der Waals surface area contributed by atoms with Crippen LogP contribution in [0.5, 0.6) is 0 Å². The summed E-state index contributed by atoms with van der Waals surface area (Å²) in [5.74, 6) is 0. The van der Waals surface area contributed by atoms with Crippen molar-refractivity contribution in [2.45, 2.75) is 32.7 Å². The van der Waals surface area contributed by atoms with Crippen molar-refractivity contribution in [1.29, 1.82) is 0 Å². The highest BCUT2D eigenvalue weighted by molar-refractivity contribution is 5.51. The van der Waals surface area contributed by atoms with Gasteiger partial charge in [-0.3, -0.25) is 4.90 Å². The second-order valence-corrected chi connectivity index (χ2v) is 6.27. The van der Waals surface area contributed by atoms with Gasteiger partial charge in [-0.05, 0) is 63.0 Å². The van der Waals surface area contributed by atoms with E-state index in [0.29, 0.717) is 0 Å². The molecule has 1 aromatic carbocycles. The van der Waals surface area contributed by atoms with Crippen molar-refractivity contribution in [3.63, 3.8) is 0 Å². The van der Waals surface area contributed by atoms with Gasteiger partial charge in [0.15, 0.2) is 0 Å². The van der Waals surface area contributed by atoms with Crippen LogP contribution < -0.4 is 10.2 Å². The molecule has 0 unspecified atom stereocenters. The Bertz CT molecular complexity index is 444. The summed E-state index contributed by atoms with van der Waals surface area (Å²) in [6, 6.07) is 7.69. The predicted octanol–water partition coefficient (Wildman–Crippen LogP) is 2.18. The average molecular weight is 273 g/mol. The number of nitrogens with zero attached hydrogens (tertiary/aromatic N) is 2. The molecule has 2 aliphatic heterocycles. The summed E-state index contributed by atoms with van der Waals surface area (Å²) in [6.07, 6.45) is 2.65. The van der Waals surface area contributed by atoms with E-state index in [1.165, 1.54) is 68.9 Å². The zero-order chi connectivity index (χ0) is 13.9. The molecule has 0 aliphatic carbocycles. The highest BCUT2D eigenvalue weighted by atomic mass is 15.3. The van der Waals surface area contributed by atoms with Crippen molar-refractivity contribution in [3.8, 4) is 0 Å². The minimum atomic E-state index is 0.818. The Balaban J connectivity index is 1.58. The molecular weight excluding hydrogens is 246 g/mol. The number of piperidine rings is 1. The Morgan fingerprint density at radius 3 is 2.30 bits per heavy atom. The van der Waals surface area contributed by atoms with Gasteiger partial charge in [0, 0.05) is 37.9 Å². The van der Waals surface area contributed by atoms with Gasteiger partial charge in [-0.1, -0.05) is 6.07 Å². The number of anilines is 1. The van der Waals surface area contributed by atoms with Gasteiger partial charge in [0.25, 0.3) is 0 Å². The summed E-state index contributed by atoms with van der Waals surface area (Å²) in [7, 11) is 0. The Morgan fingerprint density at radius 2 is 1.65 bits per heavy atom. The molecule has 2 fully saturated rings. The third-order valence-electron chi connectivity index (χ3n) is 4.99. The molecule has 110 valence electrons. The molecule has 0 radical (unpaired) electrons. The molecule has 20 heavy (non-hydrogen) atoms. The van der Waals surface area contributed by atoms with Gasteiger partial charge in [-0.25, -0.2) is 0 Å². The third kappa shape index (κ3) is 2.99. The zero-order valence-corrected chi connectivity index (χ0v) is 12.9. The van der Waals surface area contributed by atoms with E-state index in [0.717, 1.165) is 6.04 Å². The normalized spacial score (nSPS) is 22.2. The van der Waals surface area contributed by atoms with E-state index in [1.54, 1.807) is 0 Å². The summed E-state index contributed by atoms with van der Waals surface area (Å²) >= 11 is 0. The fourth-order valence-electron chi connectivity index (χ4n) is 3.44. The SMILES string of the molecule is Cc1ccc(N2CCN(C3CCNCC3)CC2)cc1C. The van der Waals surface area contributed by atoms with Crippen molar-refractivity contribution < 1.29 is 0 Å². The predicted molar refractivity (Wildman–Crippen MR) is 85.6 cm³/mol. The fourth-order valence-corrected chi connectivity index (χ4v) is 3.44. The Morgan fingerprint density at radius 1 is 0.950 bits per heavy atom. The number of piperazine rings is 1. The smallest absolute Gasteiger partial charge is 0.0369 e. The van der Waals surface area contributed by atoms with E-state index < -0.39 is 0 Å². The molecule has 2 saturated heterocycles. The lowest BCUT2D eigenvalue weighted by Crippen LogP contribution is -2.52. The molecule has 0 spiro atoms. The molecule has 0 amide bonds. The number of benzene rings is 1. The fraction of sp³-hybridized carbons (Fsp3) is 0.647. The molecule has 0 atom stereocenters. The zero-order valence-electron chi connectivity index (χ0n) is 12.9. The summed E-state index contributed by atoms with van der Waals surface area (Å²) in [5.41, 5.74) is 4.20. The maximum atomic E-state index is 3.46. The monoisotopic (exact) mass is 273 g/mol. The molecule has 2 heterocycles. The van der Waals surface area contributed by atoms with Gasteiger partial charge in [-0.15, -0.1) is 0 Å².